The van der Waals surface area contributed by atoms with E-state index in [-0.39, 0.29) is 17.9 Å². The number of aliphatic hydroxyl groups excluding tert-OH is 1. The van der Waals surface area contributed by atoms with Gasteiger partial charge >= 0.3 is 0 Å². The van der Waals surface area contributed by atoms with E-state index in [9.17, 15) is 18.7 Å². The molecule has 1 amide bonds. The number of benzene rings is 1. The van der Waals surface area contributed by atoms with Gasteiger partial charge < -0.3 is 16.2 Å². The lowest BCUT2D eigenvalue weighted by molar-refractivity contribution is 0.0717. The number of hydrogen-bond donors (Lipinski definition) is 3. The van der Waals surface area contributed by atoms with Gasteiger partial charge in [-0.1, -0.05) is 6.92 Å². The van der Waals surface area contributed by atoms with Crippen LogP contribution in [-0.2, 0) is 0 Å². The average molecular weight is 298 g/mol. The predicted octanol–water partition coefficient (Wildman–Crippen LogP) is 2.22. The first-order valence-electron chi connectivity index (χ1n) is 7.05. The van der Waals surface area contributed by atoms with E-state index >= 15 is 0 Å². The molecule has 4 nitrogen and oxygen atoms in total. The van der Waals surface area contributed by atoms with Gasteiger partial charge in [-0.05, 0) is 37.7 Å². The van der Waals surface area contributed by atoms with Crippen LogP contribution in [0.4, 0.5) is 14.5 Å². The number of nitrogens with one attached hydrogen (secondary N) is 1. The van der Waals surface area contributed by atoms with Gasteiger partial charge in [-0.15, -0.1) is 0 Å². The summed E-state index contributed by atoms with van der Waals surface area (Å²) in [4.78, 5) is 12.3. The summed E-state index contributed by atoms with van der Waals surface area (Å²) in [5.41, 5.74) is 4.63. The summed E-state index contributed by atoms with van der Waals surface area (Å²) in [7, 11) is 0. The molecule has 0 radical (unpaired) electrons. The highest BCUT2D eigenvalue weighted by atomic mass is 19.2. The molecule has 0 aromatic heterocycles. The number of nitrogen functional groups attached to an aromatic ring is 1. The molecule has 0 spiro atoms. The number of halogens is 2. The first-order valence-corrected chi connectivity index (χ1v) is 7.05. The van der Waals surface area contributed by atoms with Gasteiger partial charge in [0.25, 0.3) is 5.91 Å². The zero-order valence-electron chi connectivity index (χ0n) is 12.0. The Morgan fingerprint density at radius 2 is 1.95 bits per heavy atom. The fourth-order valence-corrected chi connectivity index (χ4v) is 2.70. The summed E-state index contributed by atoms with van der Waals surface area (Å²) in [6.07, 6.45) is 3.10. The number of anilines is 1. The second-order valence-corrected chi connectivity index (χ2v) is 5.93. The smallest absolute Gasteiger partial charge is 0.253 e. The Balaban J connectivity index is 2.19. The van der Waals surface area contributed by atoms with Crippen molar-refractivity contribution in [3.05, 3.63) is 29.3 Å². The molecule has 116 valence electrons. The van der Waals surface area contributed by atoms with Gasteiger partial charge in [-0.3, -0.25) is 4.79 Å². The minimum absolute atomic E-state index is 0.111. The molecule has 21 heavy (non-hydrogen) atoms. The van der Waals surface area contributed by atoms with Crippen molar-refractivity contribution in [1.29, 1.82) is 0 Å². The third-order valence-corrected chi connectivity index (χ3v) is 4.25. The highest BCUT2D eigenvalue weighted by Crippen LogP contribution is 2.32. The van der Waals surface area contributed by atoms with Crippen LogP contribution in [-0.4, -0.2) is 23.2 Å². The third kappa shape index (κ3) is 3.32. The molecule has 1 fully saturated rings. The molecule has 0 aliphatic heterocycles. The Morgan fingerprint density at radius 1 is 1.38 bits per heavy atom. The van der Waals surface area contributed by atoms with E-state index in [4.69, 9.17) is 5.73 Å². The average Bonchev–Trinajstić information content (AvgIpc) is 2.45. The van der Waals surface area contributed by atoms with E-state index in [0.717, 1.165) is 25.0 Å². The molecule has 0 saturated heterocycles. The Bertz CT molecular complexity index is 541. The molecule has 6 heteroatoms. The Labute approximate surface area is 122 Å². The van der Waals surface area contributed by atoms with E-state index in [1.165, 1.54) is 0 Å². The van der Waals surface area contributed by atoms with Gasteiger partial charge in [0.2, 0.25) is 0 Å². The number of hydrogen-bond acceptors (Lipinski definition) is 3. The van der Waals surface area contributed by atoms with E-state index in [2.05, 4.69) is 12.2 Å². The van der Waals surface area contributed by atoms with Crippen LogP contribution in [0.15, 0.2) is 12.1 Å². The van der Waals surface area contributed by atoms with Crippen LogP contribution in [0.25, 0.3) is 0 Å². The maximum absolute atomic E-state index is 13.3. The lowest BCUT2D eigenvalue weighted by Gasteiger charge is -2.38. The van der Waals surface area contributed by atoms with Crippen molar-refractivity contribution < 1.29 is 18.7 Å². The minimum atomic E-state index is -1.12. The van der Waals surface area contributed by atoms with Crippen LogP contribution >= 0.6 is 0 Å². The summed E-state index contributed by atoms with van der Waals surface area (Å²) in [5.74, 6) is -2.25. The molecule has 2 rings (SSSR count). The van der Waals surface area contributed by atoms with Crippen LogP contribution in [0.2, 0.25) is 0 Å². The molecule has 1 aromatic rings. The molecule has 1 aliphatic rings. The van der Waals surface area contributed by atoms with Crippen molar-refractivity contribution in [2.45, 2.75) is 38.1 Å². The fraction of sp³-hybridized carbons (Fsp3) is 0.533. The maximum atomic E-state index is 13.3. The monoisotopic (exact) mass is 298 g/mol. The zero-order valence-corrected chi connectivity index (χ0v) is 12.0. The van der Waals surface area contributed by atoms with E-state index in [0.29, 0.717) is 18.8 Å². The Morgan fingerprint density at radius 3 is 2.52 bits per heavy atom. The molecule has 0 atom stereocenters. The van der Waals surface area contributed by atoms with Crippen molar-refractivity contribution in [2.75, 3.05) is 12.3 Å². The standard InChI is InChI=1S/C15H20F2N2O2/c1-9-2-4-15(8-20,5-3-9)19-14(21)10-6-11(16)12(17)7-13(10)18/h6-7,9,20H,2-5,8,18H2,1H3,(H,19,21). The summed E-state index contributed by atoms with van der Waals surface area (Å²) in [6.45, 7) is 1.94. The number of nitrogens with two attached hydrogens (primary N) is 1. The van der Waals surface area contributed by atoms with Crippen LogP contribution in [0, 0.1) is 17.6 Å². The molecule has 4 N–H and O–H groups in total. The highest BCUT2D eigenvalue weighted by Gasteiger charge is 2.35. The first kappa shape index (κ1) is 15.7. The second kappa shape index (κ2) is 5.97. The van der Waals surface area contributed by atoms with Crippen LogP contribution in [0.3, 0.4) is 0 Å². The van der Waals surface area contributed by atoms with E-state index < -0.39 is 23.1 Å². The number of amides is 1. The van der Waals surface area contributed by atoms with E-state index in [1.807, 2.05) is 0 Å². The molecule has 0 heterocycles. The Kier molecular flexibility index (Phi) is 4.46. The molecule has 1 aliphatic carbocycles. The van der Waals surface area contributed by atoms with Gasteiger partial charge in [-0.25, -0.2) is 8.78 Å². The molecule has 1 aromatic carbocycles. The van der Waals surface area contributed by atoms with Crippen LogP contribution in [0.1, 0.15) is 43.0 Å². The zero-order chi connectivity index (χ0) is 15.6. The van der Waals surface area contributed by atoms with Crippen LogP contribution < -0.4 is 11.1 Å². The van der Waals surface area contributed by atoms with Gasteiger partial charge in [0.05, 0.1) is 17.7 Å². The SMILES string of the molecule is CC1CCC(CO)(NC(=O)c2cc(F)c(F)cc2N)CC1. The van der Waals surface area contributed by atoms with Crippen LogP contribution in [0.5, 0.6) is 0 Å². The third-order valence-electron chi connectivity index (χ3n) is 4.25. The first-order chi connectivity index (χ1) is 9.87. The molecular formula is C15H20F2N2O2. The lowest BCUT2D eigenvalue weighted by Crippen LogP contribution is -2.53. The summed E-state index contributed by atoms with van der Waals surface area (Å²) < 4.78 is 26.3. The van der Waals surface area contributed by atoms with Crippen molar-refractivity contribution in [3.63, 3.8) is 0 Å². The van der Waals surface area contributed by atoms with Crippen molar-refractivity contribution in [2.24, 2.45) is 5.92 Å². The summed E-state index contributed by atoms with van der Waals surface area (Å²) in [6, 6.07) is 1.58. The second-order valence-electron chi connectivity index (χ2n) is 5.93. The lowest BCUT2D eigenvalue weighted by atomic mass is 9.77. The van der Waals surface area contributed by atoms with E-state index in [1.54, 1.807) is 0 Å². The minimum Gasteiger partial charge on any atom is -0.398 e. The van der Waals surface area contributed by atoms with Gasteiger partial charge in [0, 0.05) is 11.8 Å². The molecule has 0 bridgehead atoms. The normalized spacial score (nSPS) is 25.6. The molecule has 1 saturated carbocycles. The molecular weight excluding hydrogens is 278 g/mol. The number of rotatable bonds is 3. The summed E-state index contributed by atoms with van der Waals surface area (Å²) in [5, 5.41) is 12.4. The Hall–Kier alpha value is -1.69. The number of aliphatic hydroxyl groups is 1. The van der Waals surface area contributed by atoms with Gasteiger partial charge in [0.15, 0.2) is 11.6 Å². The number of carbonyl (C=O) groups excluding carboxylic acids is 1. The van der Waals surface area contributed by atoms with Gasteiger partial charge in [-0.2, -0.15) is 0 Å². The number of carbonyl (C=O) groups is 1. The quantitative estimate of drug-likeness (QED) is 0.749. The fourth-order valence-electron chi connectivity index (χ4n) is 2.70. The summed E-state index contributed by atoms with van der Waals surface area (Å²) >= 11 is 0. The van der Waals surface area contributed by atoms with Gasteiger partial charge in [0.1, 0.15) is 0 Å². The molecule has 0 unspecified atom stereocenters. The largest absolute Gasteiger partial charge is 0.398 e. The van der Waals surface area contributed by atoms with Crippen molar-refractivity contribution in [3.8, 4) is 0 Å². The topological polar surface area (TPSA) is 75.3 Å². The van der Waals surface area contributed by atoms with Crippen molar-refractivity contribution in [1.82, 2.24) is 5.32 Å². The van der Waals surface area contributed by atoms with Crippen molar-refractivity contribution >= 4 is 11.6 Å². The highest BCUT2D eigenvalue weighted by molar-refractivity contribution is 5.99. The maximum Gasteiger partial charge on any atom is 0.253 e. The predicted molar refractivity (Wildman–Crippen MR) is 75.7 cm³/mol.